The van der Waals surface area contributed by atoms with Crippen LogP contribution in [0.15, 0.2) is 54.6 Å². The SMILES string of the molecule is O=C1C(Br)c2ccccc2N1CCN1CCN(Cc2ccccc2)CC1. The molecular weight excluding hydrogens is 390 g/mol. The van der Waals surface area contributed by atoms with Crippen molar-refractivity contribution in [1.29, 1.82) is 0 Å². The van der Waals surface area contributed by atoms with Crippen molar-refractivity contribution in [2.24, 2.45) is 0 Å². The van der Waals surface area contributed by atoms with Gasteiger partial charge >= 0.3 is 0 Å². The molecule has 136 valence electrons. The standard InChI is InChI=1S/C21H24BrN3O/c22-20-18-8-4-5-9-19(18)25(21(20)26)15-14-23-10-12-24(13-11-23)16-17-6-2-1-3-7-17/h1-9,20H,10-16H2. The molecule has 2 aromatic rings. The van der Waals surface area contributed by atoms with Crippen LogP contribution in [-0.2, 0) is 11.3 Å². The summed E-state index contributed by atoms with van der Waals surface area (Å²) in [4.78, 5) is 19.3. The molecule has 2 heterocycles. The molecule has 2 aliphatic rings. The molecule has 1 amide bonds. The zero-order valence-corrected chi connectivity index (χ0v) is 16.4. The average Bonchev–Trinajstić information content (AvgIpc) is 2.93. The van der Waals surface area contributed by atoms with Gasteiger partial charge in [-0.2, -0.15) is 0 Å². The number of hydrogen-bond donors (Lipinski definition) is 0. The van der Waals surface area contributed by atoms with Crippen molar-refractivity contribution in [3.63, 3.8) is 0 Å². The lowest BCUT2D eigenvalue weighted by Crippen LogP contribution is -2.48. The van der Waals surface area contributed by atoms with Gasteiger partial charge in [0.15, 0.2) is 0 Å². The van der Waals surface area contributed by atoms with Gasteiger partial charge in [0, 0.05) is 51.5 Å². The molecule has 0 bridgehead atoms. The van der Waals surface area contributed by atoms with Crippen molar-refractivity contribution in [2.45, 2.75) is 11.4 Å². The minimum Gasteiger partial charge on any atom is -0.310 e. The summed E-state index contributed by atoms with van der Waals surface area (Å²) < 4.78 is 0. The summed E-state index contributed by atoms with van der Waals surface area (Å²) in [6.07, 6.45) is 0. The minimum absolute atomic E-state index is 0.161. The summed E-state index contributed by atoms with van der Waals surface area (Å²) in [5.41, 5.74) is 3.52. The van der Waals surface area contributed by atoms with E-state index in [4.69, 9.17) is 0 Å². The fraction of sp³-hybridized carbons (Fsp3) is 0.381. The summed E-state index contributed by atoms with van der Waals surface area (Å²) >= 11 is 3.54. The summed E-state index contributed by atoms with van der Waals surface area (Å²) in [6.45, 7) is 7.01. The maximum Gasteiger partial charge on any atom is 0.245 e. The molecular formula is C21H24BrN3O. The Hall–Kier alpha value is -1.69. The molecule has 4 nitrogen and oxygen atoms in total. The van der Waals surface area contributed by atoms with E-state index in [1.54, 1.807) is 0 Å². The predicted octanol–water partition coefficient (Wildman–Crippen LogP) is 3.29. The van der Waals surface area contributed by atoms with Crippen molar-refractivity contribution in [1.82, 2.24) is 9.80 Å². The molecule has 0 N–H and O–H groups in total. The van der Waals surface area contributed by atoms with Gasteiger partial charge in [0.05, 0.1) is 0 Å². The molecule has 0 saturated carbocycles. The normalized spacial score (nSPS) is 21.2. The number of benzene rings is 2. The first-order valence-corrected chi connectivity index (χ1v) is 10.2. The maximum absolute atomic E-state index is 12.5. The van der Waals surface area contributed by atoms with Crippen molar-refractivity contribution in [3.05, 3.63) is 65.7 Å². The second kappa shape index (κ2) is 7.91. The van der Waals surface area contributed by atoms with E-state index < -0.39 is 0 Å². The van der Waals surface area contributed by atoms with Gasteiger partial charge in [-0.15, -0.1) is 0 Å². The van der Waals surface area contributed by atoms with E-state index in [0.717, 1.165) is 57.1 Å². The van der Waals surface area contributed by atoms with E-state index in [9.17, 15) is 4.79 Å². The lowest BCUT2D eigenvalue weighted by Gasteiger charge is -2.35. The van der Waals surface area contributed by atoms with Crippen LogP contribution in [0, 0.1) is 0 Å². The van der Waals surface area contributed by atoms with Gasteiger partial charge in [-0.1, -0.05) is 64.5 Å². The minimum atomic E-state index is -0.193. The van der Waals surface area contributed by atoms with Crippen molar-refractivity contribution in [2.75, 3.05) is 44.2 Å². The number of rotatable bonds is 5. The highest BCUT2D eigenvalue weighted by molar-refractivity contribution is 9.09. The number of piperazine rings is 1. The second-order valence-electron chi connectivity index (χ2n) is 7.01. The summed E-state index contributed by atoms with van der Waals surface area (Å²) in [5, 5.41) is 0. The van der Waals surface area contributed by atoms with E-state index in [1.807, 2.05) is 29.2 Å². The van der Waals surface area contributed by atoms with Gasteiger partial charge < -0.3 is 4.90 Å². The van der Waals surface area contributed by atoms with E-state index in [1.165, 1.54) is 5.56 Å². The van der Waals surface area contributed by atoms with Crippen LogP contribution in [-0.4, -0.2) is 55.0 Å². The Balaban J connectivity index is 1.28. The largest absolute Gasteiger partial charge is 0.310 e. The van der Waals surface area contributed by atoms with Crippen LogP contribution in [0.3, 0.4) is 0 Å². The number of alkyl halides is 1. The molecule has 2 aromatic carbocycles. The summed E-state index contributed by atoms with van der Waals surface area (Å²) in [7, 11) is 0. The highest BCUT2D eigenvalue weighted by Gasteiger charge is 2.35. The highest BCUT2D eigenvalue weighted by Crippen LogP contribution is 2.40. The van der Waals surface area contributed by atoms with Crippen LogP contribution < -0.4 is 4.90 Å². The monoisotopic (exact) mass is 413 g/mol. The zero-order chi connectivity index (χ0) is 17.9. The zero-order valence-electron chi connectivity index (χ0n) is 14.9. The molecule has 0 radical (unpaired) electrons. The third-order valence-corrected chi connectivity index (χ3v) is 6.22. The van der Waals surface area contributed by atoms with Crippen LogP contribution in [0.4, 0.5) is 5.69 Å². The molecule has 5 heteroatoms. The Bertz CT molecular complexity index is 759. The van der Waals surface area contributed by atoms with Crippen LogP contribution in [0.25, 0.3) is 0 Å². The highest BCUT2D eigenvalue weighted by atomic mass is 79.9. The van der Waals surface area contributed by atoms with E-state index >= 15 is 0 Å². The first kappa shape index (κ1) is 17.7. The number of hydrogen-bond acceptors (Lipinski definition) is 3. The molecule has 1 atom stereocenters. The third kappa shape index (κ3) is 3.70. The van der Waals surface area contributed by atoms with E-state index in [2.05, 4.69) is 56.1 Å². The Morgan fingerprint density at radius 1 is 0.846 bits per heavy atom. The molecule has 0 spiro atoms. The van der Waals surface area contributed by atoms with Crippen LogP contribution >= 0.6 is 15.9 Å². The molecule has 0 aliphatic carbocycles. The van der Waals surface area contributed by atoms with Gasteiger partial charge in [-0.25, -0.2) is 0 Å². The van der Waals surface area contributed by atoms with Crippen LogP contribution in [0.1, 0.15) is 16.0 Å². The van der Waals surface area contributed by atoms with Crippen molar-refractivity contribution in [3.8, 4) is 0 Å². The third-order valence-electron chi connectivity index (χ3n) is 5.34. The average molecular weight is 414 g/mol. The fourth-order valence-electron chi connectivity index (χ4n) is 3.82. The molecule has 1 fully saturated rings. The predicted molar refractivity (Wildman–Crippen MR) is 109 cm³/mol. The molecule has 2 aliphatic heterocycles. The fourth-order valence-corrected chi connectivity index (χ4v) is 4.46. The number of carbonyl (C=O) groups is 1. The molecule has 1 saturated heterocycles. The Kier molecular flexibility index (Phi) is 5.38. The number of amides is 1. The van der Waals surface area contributed by atoms with Gasteiger partial charge in [0.25, 0.3) is 0 Å². The molecule has 0 aromatic heterocycles. The smallest absolute Gasteiger partial charge is 0.245 e. The van der Waals surface area contributed by atoms with Crippen molar-refractivity contribution >= 4 is 27.5 Å². The first-order chi connectivity index (χ1) is 12.7. The Labute approximate surface area is 163 Å². The lowest BCUT2D eigenvalue weighted by molar-refractivity contribution is -0.117. The molecule has 4 rings (SSSR count). The number of anilines is 1. The van der Waals surface area contributed by atoms with E-state index in [-0.39, 0.29) is 10.7 Å². The second-order valence-corrected chi connectivity index (χ2v) is 7.93. The van der Waals surface area contributed by atoms with Gasteiger partial charge in [0.1, 0.15) is 4.83 Å². The Morgan fingerprint density at radius 2 is 1.50 bits per heavy atom. The van der Waals surface area contributed by atoms with E-state index in [0.29, 0.717) is 0 Å². The van der Waals surface area contributed by atoms with Crippen LogP contribution in [0.5, 0.6) is 0 Å². The lowest BCUT2D eigenvalue weighted by atomic mass is 10.2. The van der Waals surface area contributed by atoms with Gasteiger partial charge in [-0.05, 0) is 17.2 Å². The molecule has 1 unspecified atom stereocenters. The van der Waals surface area contributed by atoms with Crippen molar-refractivity contribution < 1.29 is 4.79 Å². The Morgan fingerprint density at radius 3 is 2.27 bits per heavy atom. The van der Waals surface area contributed by atoms with Gasteiger partial charge in [0.2, 0.25) is 5.91 Å². The number of para-hydroxylation sites is 1. The molecule has 26 heavy (non-hydrogen) atoms. The van der Waals surface area contributed by atoms with Crippen LogP contribution in [0.2, 0.25) is 0 Å². The summed E-state index contributed by atoms with van der Waals surface area (Å²) in [5.74, 6) is 0.161. The number of fused-ring (bicyclic) bond motifs is 1. The maximum atomic E-state index is 12.5. The number of halogens is 1. The topological polar surface area (TPSA) is 26.8 Å². The quantitative estimate of drug-likeness (QED) is 0.703. The summed E-state index contributed by atoms with van der Waals surface area (Å²) in [6, 6.07) is 18.8. The number of nitrogens with zero attached hydrogens (tertiary/aromatic N) is 3. The van der Waals surface area contributed by atoms with Gasteiger partial charge in [-0.3, -0.25) is 14.6 Å². The number of carbonyl (C=O) groups excluding carboxylic acids is 1. The first-order valence-electron chi connectivity index (χ1n) is 9.25.